The Labute approximate surface area is 107 Å². The van der Waals surface area contributed by atoms with Gasteiger partial charge in [0.15, 0.2) is 17.3 Å². The number of ketones is 1. The van der Waals surface area contributed by atoms with Gasteiger partial charge in [-0.3, -0.25) is 4.79 Å². The summed E-state index contributed by atoms with van der Waals surface area (Å²) in [5.41, 5.74) is -0.0606. The molecule has 5 heteroatoms. The number of benzene rings is 2. The van der Waals surface area contributed by atoms with E-state index in [4.69, 9.17) is 11.6 Å². The van der Waals surface area contributed by atoms with Crippen LogP contribution in [0.2, 0.25) is 5.02 Å². The average molecular weight is 267 g/mol. The van der Waals surface area contributed by atoms with Gasteiger partial charge >= 0.3 is 0 Å². The summed E-state index contributed by atoms with van der Waals surface area (Å²) >= 11 is 5.68. The van der Waals surface area contributed by atoms with Crippen LogP contribution in [0.3, 0.4) is 0 Å². The SMILES string of the molecule is O=C(c1ccc(Cl)cc1)c1cc(F)cc(O)c1O. The topological polar surface area (TPSA) is 57.5 Å². The van der Waals surface area contributed by atoms with Gasteiger partial charge in [0.05, 0.1) is 5.56 Å². The number of hydrogen-bond acceptors (Lipinski definition) is 3. The van der Waals surface area contributed by atoms with E-state index < -0.39 is 23.1 Å². The molecule has 0 spiro atoms. The second-order valence-corrected chi connectivity index (χ2v) is 4.09. The highest BCUT2D eigenvalue weighted by Crippen LogP contribution is 2.31. The Hall–Kier alpha value is -2.07. The Morgan fingerprint density at radius 3 is 2.33 bits per heavy atom. The van der Waals surface area contributed by atoms with Crippen LogP contribution < -0.4 is 0 Å². The molecule has 2 aromatic rings. The predicted octanol–water partition coefficient (Wildman–Crippen LogP) is 3.12. The van der Waals surface area contributed by atoms with Crippen LogP contribution in [0.5, 0.6) is 11.5 Å². The lowest BCUT2D eigenvalue weighted by Crippen LogP contribution is -2.02. The van der Waals surface area contributed by atoms with Crippen LogP contribution >= 0.6 is 11.6 Å². The first kappa shape index (κ1) is 12.4. The van der Waals surface area contributed by atoms with Crippen LogP contribution in [0, 0.1) is 5.82 Å². The fourth-order valence-electron chi connectivity index (χ4n) is 1.51. The van der Waals surface area contributed by atoms with Crippen molar-refractivity contribution in [2.75, 3.05) is 0 Å². The van der Waals surface area contributed by atoms with Crippen LogP contribution in [-0.2, 0) is 0 Å². The number of phenols is 2. The molecule has 2 rings (SSSR count). The number of carbonyl (C=O) groups is 1. The van der Waals surface area contributed by atoms with E-state index in [1.165, 1.54) is 24.3 Å². The second kappa shape index (κ2) is 4.66. The molecule has 0 heterocycles. The lowest BCUT2D eigenvalue weighted by molar-refractivity contribution is 0.103. The van der Waals surface area contributed by atoms with Crippen molar-refractivity contribution in [1.82, 2.24) is 0 Å². The summed E-state index contributed by atoms with van der Waals surface area (Å²) in [5, 5.41) is 19.3. The van der Waals surface area contributed by atoms with Gasteiger partial charge in [0.2, 0.25) is 0 Å². The fraction of sp³-hybridized carbons (Fsp3) is 0. The molecular weight excluding hydrogens is 259 g/mol. The lowest BCUT2D eigenvalue weighted by atomic mass is 10.0. The van der Waals surface area contributed by atoms with Crippen LogP contribution in [0.25, 0.3) is 0 Å². The fourth-order valence-corrected chi connectivity index (χ4v) is 1.64. The van der Waals surface area contributed by atoms with Gasteiger partial charge in [-0.25, -0.2) is 4.39 Å². The number of phenolic OH excluding ortho intramolecular Hbond substituents is 2. The lowest BCUT2D eigenvalue weighted by Gasteiger charge is -2.06. The van der Waals surface area contributed by atoms with Crippen LogP contribution in [-0.4, -0.2) is 16.0 Å². The van der Waals surface area contributed by atoms with Gasteiger partial charge in [0, 0.05) is 16.7 Å². The summed E-state index contributed by atoms with van der Waals surface area (Å²) in [6.45, 7) is 0. The molecule has 0 fully saturated rings. The maximum atomic E-state index is 13.1. The Balaban J connectivity index is 2.49. The van der Waals surface area contributed by atoms with E-state index in [9.17, 15) is 19.4 Å². The number of rotatable bonds is 2. The molecule has 0 aliphatic heterocycles. The van der Waals surface area contributed by atoms with Gasteiger partial charge in [-0.1, -0.05) is 11.6 Å². The molecule has 0 atom stereocenters. The first-order valence-corrected chi connectivity index (χ1v) is 5.38. The normalized spacial score (nSPS) is 10.3. The quantitative estimate of drug-likeness (QED) is 0.649. The molecule has 3 nitrogen and oxygen atoms in total. The number of halogens is 2. The van der Waals surface area contributed by atoms with E-state index in [0.717, 1.165) is 12.1 Å². The predicted molar refractivity (Wildman–Crippen MR) is 64.6 cm³/mol. The van der Waals surface area contributed by atoms with Crippen molar-refractivity contribution >= 4 is 17.4 Å². The van der Waals surface area contributed by atoms with Crippen molar-refractivity contribution in [2.24, 2.45) is 0 Å². The molecule has 0 aromatic heterocycles. The molecule has 0 aliphatic rings. The average Bonchev–Trinajstić information content (AvgIpc) is 2.34. The van der Waals surface area contributed by atoms with E-state index >= 15 is 0 Å². The summed E-state index contributed by atoms with van der Waals surface area (Å²) in [4.78, 5) is 12.0. The Morgan fingerprint density at radius 2 is 1.72 bits per heavy atom. The smallest absolute Gasteiger partial charge is 0.196 e. The van der Waals surface area contributed by atoms with E-state index in [1.807, 2.05) is 0 Å². The third-order valence-electron chi connectivity index (χ3n) is 2.41. The third-order valence-corrected chi connectivity index (χ3v) is 2.66. The molecule has 0 radical (unpaired) electrons. The van der Waals surface area contributed by atoms with Crippen molar-refractivity contribution in [1.29, 1.82) is 0 Å². The van der Waals surface area contributed by atoms with E-state index in [1.54, 1.807) is 0 Å². The maximum absolute atomic E-state index is 13.1. The molecule has 0 amide bonds. The molecule has 2 N–H and O–H groups in total. The second-order valence-electron chi connectivity index (χ2n) is 3.66. The highest BCUT2D eigenvalue weighted by Gasteiger charge is 2.17. The first-order chi connectivity index (χ1) is 8.49. The minimum atomic E-state index is -0.803. The highest BCUT2D eigenvalue weighted by atomic mass is 35.5. The Morgan fingerprint density at radius 1 is 1.11 bits per heavy atom. The van der Waals surface area contributed by atoms with Crippen LogP contribution in [0.4, 0.5) is 4.39 Å². The minimum absolute atomic E-state index is 0.236. The zero-order chi connectivity index (χ0) is 13.3. The van der Waals surface area contributed by atoms with Crippen molar-refractivity contribution in [2.45, 2.75) is 0 Å². The molecule has 0 saturated heterocycles. The summed E-state index contributed by atoms with van der Waals surface area (Å²) in [6.07, 6.45) is 0. The minimum Gasteiger partial charge on any atom is -0.504 e. The monoisotopic (exact) mass is 266 g/mol. The summed E-state index contributed by atoms with van der Waals surface area (Å²) in [5.74, 6) is -2.72. The van der Waals surface area contributed by atoms with Gasteiger partial charge in [0.1, 0.15) is 5.82 Å². The van der Waals surface area contributed by atoms with Crippen molar-refractivity contribution < 1.29 is 19.4 Å². The van der Waals surface area contributed by atoms with Crippen molar-refractivity contribution in [3.8, 4) is 11.5 Å². The van der Waals surface area contributed by atoms with Gasteiger partial charge in [-0.2, -0.15) is 0 Å². The van der Waals surface area contributed by atoms with Crippen molar-refractivity contribution in [3.05, 3.63) is 58.4 Å². The van der Waals surface area contributed by atoms with Crippen molar-refractivity contribution in [3.63, 3.8) is 0 Å². The standard InChI is InChI=1S/C13H8ClFO3/c14-8-3-1-7(2-4-8)12(17)10-5-9(15)6-11(16)13(10)18/h1-6,16,18H. The highest BCUT2D eigenvalue weighted by molar-refractivity contribution is 6.30. The molecule has 92 valence electrons. The molecule has 0 bridgehead atoms. The largest absolute Gasteiger partial charge is 0.504 e. The molecule has 0 aliphatic carbocycles. The van der Waals surface area contributed by atoms with Gasteiger partial charge in [-0.05, 0) is 30.3 Å². The van der Waals surface area contributed by atoms with Gasteiger partial charge < -0.3 is 10.2 Å². The number of aromatic hydroxyl groups is 2. The van der Waals surface area contributed by atoms with E-state index in [2.05, 4.69) is 0 Å². The zero-order valence-electron chi connectivity index (χ0n) is 9.02. The Kier molecular flexibility index (Phi) is 3.21. The van der Waals surface area contributed by atoms with Gasteiger partial charge in [0.25, 0.3) is 0 Å². The summed E-state index contributed by atoms with van der Waals surface area (Å²) < 4.78 is 13.1. The first-order valence-electron chi connectivity index (χ1n) is 5.01. The molecule has 2 aromatic carbocycles. The molecule has 0 saturated carbocycles. The summed E-state index contributed by atoms with van der Waals surface area (Å²) in [6, 6.07) is 7.51. The van der Waals surface area contributed by atoms with E-state index in [0.29, 0.717) is 5.02 Å². The molecule has 18 heavy (non-hydrogen) atoms. The van der Waals surface area contributed by atoms with Gasteiger partial charge in [-0.15, -0.1) is 0 Å². The van der Waals surface area contributed by atoms with E-state index in [-0.39, 0.29) is 11.1 Å². The number of hydrogen-bond donors (Lipinski definition) is 2. The maximum Gasteiger partial charge on any atom is 0.196 e. The Bertz CT molecular complexity index is 608. The molecular formula is C13H8ClFO3. The third kappa shape index (κ3) is 2.28. The number of carbonyl (C=O) groups excluding carboxylic acids is 1. The molecule has 0 unspecified atom stereocenters. The van der Waals surface area contributed by atoms with Crippen LogP contribution in [0.15, 0.2) is 36.4 Å². The van der Waals surface area contributed by atoms with Crippen LogP contribution in [0.1, 0.15) is 15.9 Å². The zero-order valence-corrected chi connectivity index (χ0v) is 9.78. The summed E-state index contributed by atoms with van der Waals surface area (Å²) in [7, 11) is 0.